The molecule has 2 aromatic carbocycles. The molecule has 0 aliphatic carbocycles. The van der Waals surface area contributed by atoms with Crippen molar-refractivity contribution in [2.45, 2.75) is 0 Å². The fraction of sp³-hybridized carbons (Fsp3) is 0. The van der Waals surface area contributed by atoms with Crippen molar-refractivity contribution in [2.24, 2.45) is 0 Å². The normalized spacial score (nSPS) is 10.4. The van der Waals surface area contributed by atoms with Crippen molar-refractivity contribution in [2.75, 3.05) is 0 Å². The summed E-state index contributed by atoms with van der Waals surface area (Å²) in [6.07, 6.45) is 0. The fourth-order valence-corrected chi connectivity index (χ4v) is 9.88. The predicted octanol–water partition coefficient (Wildman–Crippen LogP) is 2.23. The molecule has 0 saturated carbocycles. The van der Waals surface area contributed by atoms with E-state index in [-0.39, 0.29) is 0 Å². The van der Waals surface area contributed by atoms with E-state index in [1.807, 2.05) is 0 Å². The molecule has 0 N–H and O–H groups in total. The zero-order valence-corrected chi connectivity index (χ0v) is 12.7. The Morgan fingerprint density at radius 1 is 0.643 bits per heavy atom. The Hall–Kier alpha value is -0.0313. The van der Waals surface area contributed by atoms with Crippen LogP contribution in [0, 0.1) is 0 Å². The molecule has 0 heterocycles. The second-order valence-corrected chi connectivity index (χ2v) is 15.4. The van der Waals surface area contributed by atoms with Crippen molar-refractivity contribution in [1.82, 2.24) is 0 Å². The molecule has 0 fully saturated rings. The quantitative estimate of drug-likeness (QED) is 0.536. The van der Waals surface area contributed by atoms with E-state index in [2.05, 4.69) is 79.3 Å². The first-order chi connectivity index (χ1) is 6.88. The summed E-state index contributed by atoms with van der Waals surface area (Å²) in [4.78, 5) is 0. The first-order valence-electron chi connectivity index (χ1n) is 4.51. The van der Waals surface area contributed by atoms with E-state index in [9.17, 15) is 0 Å². The van der Waals surface area contributed by atoms with Crippen LogP contribution in [0.4, 0.5) is 0 Å². The van der Waals surface area contributed by atoms with Gasteiger partial charge in [-0.2, -0.15) is 0 Å². The van der Waals surface area contributed by atoms with Crippen LogP contribution in [-0.2, 0) is 0 Å². The third-order valence-electron chi connectivity index (χ3n) is 2.05. The van der Waals surface area contributed by atoms with E-state index >= 15 is 0 Å². The molecule has 0 spiro atoms. The van der Waals surface area contributed by atoms with Crippen LogP contribution in [0.5, 0.6) is 0 Å². The standard InChI is InChI=1S/2C6H5.HI.Sn/c2*1-2-4-6-5-3-1;;/h2*1-5H;1H;/q;;;+1/p-1. The van der Waals surface area contributed by atoms with E-state index in [0.29, 0.717) is 0 Å². The van der Waals surface area contributed by atoms with Gasteiger partial charge in [0.25, 0.3) is 0 Å². The summed E-state index contributed by atoms with van der Waals surface area (Å²) in [5.74, 6) is 0. The topological polar surface area (TPSA) is 0 Å². The Morgan fingerprint density at radius 2 is 1.00 bits per heavy atom. The van der Waals surface area contributed by atoms with E-state index < -0.39 is 15.8 Å². The first-order valence-corrected chi connectivity index (χ1v) is 15.7. The summed E-state index contributed by atoms with van der Waals surface area (Å²) in [5.41, 5.74) is 0. The molecule has 0 aliphatic rings. The van der Waals surface area contributed by atoms with Gasteiger partial charge in [0.05, 0.1) is 0 Å². The summed E-state index contributed by atoms with van der Waals surface area (Å²) in [6.45, 7) is 0. The van der Waals surface area contributed by atoms with Crippen LogP contribution in [0.2, 0.25) is 0 Å². The van der Waals surface area contributed by atoms with Crippen molar-refractivity contribution in [3.8, 4) is 0 Å². The molecule has 0 bridgehead atoms. The van der Waals surface area contributed by atoms with Crippen LogP contribution in [0.3, 0.4) is 0 Å². The van der Waals surface area contributed by atoms with E-state index in [4.69, 9.17) is 0 Å². The van der Waals surface area contributed by atoms with Gasteiger partial charge >= 0.3 is 102 Å². The van der Waals surface area contributed by atoms with Gasteiger partial charge < -0.3 is 0 Å². The molecule has 0 saturated heterocycles. The van der Waals surface area contributed by atoms with E-state index in [0.717, 1.165) is 0 Å². The average molecular weight is 400 g/mol. The Morgan fingerprint density at radius 3 is 1.36 bits per heavy atom. The molecular formula is C12H10ISn. The summed E-state index contributed by atoms with van der Waals surface area (Å²) in [6, 6.07) is 21.7. The minimum atomic E-state index is -1.53. The van der Waals surface area contributed by atoms with Gasteiger partial charge in [0, 0.05) is 0 Å². The molecule has 69 valence electrons. The molecule has 0 nitrogen and oxygen atoms in total. The average Bonchev–Trinajstić information content (AvgIpc) is 2.30. The first kappa shape index (κ1) is 10.5. The zero-order chi connectivity index (χ0) is 9.80. The van der Waals surface area contributed by atoms with Crippen LogP contribution in [0.25, 0.3) is 0 Å². The predicted molar refractivity (Wildman–Crippen MR) is 71.9 cm³/mol. The maximum absolute atomic E-state index is 2.67. The van der Waals surface area contributed by atoms with Crippen molar-refractivity contribution < 1.29 is 0 Å². The third kappa shape index (κ3) is 2.51. The van der Waals surface area contributed by atoms with Crippen LogP contribution < -0.4 is 7.16 Å². The van der Waals surface area contributed by atoms with Crippen molar-refractivity contribution in [1.29, 1.82) is 0 Å². The van der Waals surface area contributed by atoms with Crippen LogP contribution in [0.1, 0.15) is 0 Å². The number of benzene rings is 2. The summed E-state index contributed by atoms with van der Waals surface area (Å²) < 4.78 is 3.11. The van der Waals surface area contributed by atoms with Gasteiger partial charge in [0.2, 0.25) is 0 Å². The Labute approximate surface area is 101 Å². The number of rotatable bonds is 2. The number of hydrogen-bond acceptors (Lipinski definition) is 0. The molecule has 0 aromatic heterocycles. The van der Waals surface area contributed by atoms with Crippen molar-refractivity contribution in [3.63, 3.8) is 0 Å². The van der Waals surface area contributed by atoms with Gasteiger partial charge in [-0.1, -0.05) is 0 Å². The second kappa shape index (κ2) is 5.16. The molecule has 0 aliphatic heterocycles. The molecule has 2 heteroatoms. The van der Waals surface area contributed by atoms with Gasteiger partial charge in [-0.05, 0) is 0 Å². The summed E-state index contributed by atoms with van der Waals surface area (Å²) in [5, 5.41) is 0. The van der Waals surface area contributed by atoms with Gasteiger partial charge in [-0.15, -0.1) is 0 Å². The van der Waals surface area contributed by atoms with Crippen molar-refractivity contribution >= 4 is 41.6 Å². The fourth-order valence-electron chi connectivity index (χ4n) is 1.34. The van der Waals surface area contributed by atoms with E-state index in [1.54, 1.807) is 7.16 Å². The molecule has 2 rings (SSSR count). The molecule has 0 atom stereocenters. The number of halogens is 1. The van der Waals surface area contributed by atoms with Gasteiger partial charge in [0.15, 0.2) is 0 Å². The SMILES string of the molecule is [I][Sn]([c]1ccccc1)[c]1ccccc1. The molecule has 0 unspecified atom stereocenters. The van der Waals surface area contributed by atoms with Crippen molar-refractivity contribution in [3.05, 3.63) is 60.7 Å². The van der Waals surface area contributed by atoms with Crippen LogP contribution >= 0.6 is 18.6 Å². The summed E-state index contributed by atoms with van der Waals surface area (Å²) in [7, 11) is 0. The molecular weight excluding hydrogens is 390 g/mol. The molecule has 1 radical (unpaired) electrons. The number of hydrogen-bond donors (Lipinski definition) is 0. The van der Waals surface area contributed by atoms with E-state index in [1.165, 1.54) is 0 Å². The molecule has 2 aromatic rings. The van der Waals surface area contributed by atoms with Gasteiger partial charge in [0.1, 0.15) is 0 Å². The Bertz CT molecular complexity index is 346. The second-order valence-electron chi connectivity index (χ2n) is 3.05. The monoisotopic (exact) mass is 401 g/mol. The molecule has 0 amide bonds. The third-order valence-corrected chi connectivity index (χ3v) is 15.2. The minimum absolute atomic E-state index is 1.53. The van der Waals surface area contributed by atoms with Gasteiger partial charge in [-0.25, -0.2) is 0 Å². The summed E-state index contributed by atoms with van der Waals surface area (Å²) >= 11 is 1.14. The van der Waals surface area contributed by atoms with Crippen LogP contribution in [-0.4, -0.2) is 15.8 Å². The van der Waals surface area contributed by atoms with Crippen LogP contribution in [0.15, 0.2) is 60.7 Å². The zero-order valence-electron chi connectivity index (χ0n) is 7.65. The maximum atomic E-state index is 2.67. The Kier molecular flexibility index (Phi) is 3.87. The Balaban J connectivity index is 2.30. The van der Waals surface area contributed by atoms with Gasteiger partial charge in [-0.3, -0.25) is 0 Å². The molecule has 14 heavy (non-hydrogen) atoms.